The van der Waals surface area contributed by atoms with Gasteiger partial charge in [-0.05, 0) is 64.9 Å². The number of hydrogen-bond donors (Lipinski definition) is 1. The van der Waals surface area contributed by atoms with Crippen molar-refractivity contribution in [1.82, 2.24) is 4.98 Å². The van der Waals surface area contributed by atoms with Gasteiger partial charge in [0, 0.05) is 24.4 Å². The van der Waals surface area contributed by atoms with Crippen LogP contribution in [0.5, 0.6) is 0 Å². The van der Waals surface area contributed by atoms with Gasteiger partial charge in [0.1, 0.15) is 18.2 Å². The predicted octanol–water partition coefficient (Wildman–Crippen LogP) is 2.93. The van der Waals surface area contributed by atoms with E-state index in [1.807, 2.05) is 18.5 Å². The number of aromatic nitrogens is 1. The molecule has 2 fully saturated rings. The molecular formula is C21H31N2O+. The van der Waals surface area contributed by atoms with Crippen LogP contribution in [0, 0.1) is 11.8 Å². The summed E-state index contributed by atoms with van der Waals surface area (Å²) in [7, 11) is 0. The Kier molecular flexibility index (Phi) is 5.27. The lowest BCUT2D eigenvalue weighted by atomic mass is 9.88. The first-order valence-electron chi connectivity index (χ1n) is 9.42. The minimum Gasteiger partial charge on any atom is -0.357 e. The first-order valence-corrected chi connectivity index (χ1v) is 9.42. The van der Waals surface area contributed by atoms with Gasteiger partial charge in [-0.3, -0.25) is 4.98 Å². The molecule has 3 heteroatoms. The van der Waals surface area contributed by atoms with Gasteiger partial charge in [0.15, 0.2) is 0 Å². The van der Waals surface area contributed by atoms with E-state index in [1.165, 1.54) is 37.8 Å². The summed E-state index contributed by atoms with van der Waals surface area (Å²) in [4.78, 5) is 5.89. The number of pyridine rings is 1. The summed E-state index contributed by atoms with van der Waals surface area (Å²) < 4.78 is 6.27. The Morgan fingerprint density at radius 2 is 2.12 bits per heavy atom. The van der Waals surface area contributed by atoms with E-state index >= 15 is 0 Å². The van der Waals surface area contributed by atoms with Gasteiger partial charge in [0.25, 0.3) is 0 Å². The summed E-state index contributed by atoms with van der Waals surface area (Å²) in [5.41, 5.74) is 1.04. The van der Waals surface area contributed by atoms with Crippen molar-refractivity contribution >= 4 is 0 Å². The molecule has 130 valence electrons. The zero-order chi connectivity index (χ0) is 17.0. The third-order valence-electron chi connectivity index (χ3n) is 5.42. The maximum absolute atomic E-state index is 6.27. The van der Waals surface area contributed by atoms with Crippen LogP contribution in [0.25, 0.3) is 0 Å². The van der Waals surface area contributed by atoms with Gasteiger partial charge in [0.05, 0.1) is 12.1 Å². The SMILES string of the molecule is CC1(C)CCC[C@@](C)(C#CC[NH+]2CCCC[C@H]2c2cccnc2)O1. The fraction of sp³-hybridized carbons (Fsp3) is 0.667. The summed E-state index contributed by atoms with van der Waals surface area (Å²) >= 11 is 0. The Morgan fingerprint density at radius 1 is 1.25 bits per heavy atom. The van der Waals surface area contributed by atoms with Crippen LogP contribution < -0.4 is 4.90 Å². The number of rotatable bonds is 2. The third-order valence-corrected chi connectivity index (χ3v) is 5.42. The molecule has 0 aromatic carbocycles. The molecule has 0 saturated carbocycles. The smallest absolute Gasteiger partial charge is 0.139 e. The van der Waals surface area contributed by atoms with Crippen molar-refractivity contribution in [2.75, 3.05) is 13.1 Å². The van der Waals surface area contributed by atoms with Crippen molar-refractivity contribution in [3.05, 3.63) is 30.1 Å². The van der Waals surface area contributed by atoms with Crippen molar-refractivity contribution in [1.29, 1.82) is 0 Å². The summed E-state index contributed by atoms with van der Waals surface area (Å²) in [6, 6.07) is 4.80. The quantitative estimate of drug-likeness (QED) is 0.846. The third kappa shape index (κ3) is 4.37. The molecule has 1 aromatic heterocycles. The van der Waals surface area contributed by atoms with Gasteiger partial charge in [0.2, 0.25) is 0 Å². The minimum absolute atomic E-state index is 0.0437. The van der Waals surface area contributed by atoms with E-state index in [4.69, 9.17) is 4.74 Å². The fourth-order valence-corrected chi connectivity index (χ4v) is 4.27. The monoisotopic (exact) mass is 327 g/mol. The molecule has 0 bridgehead atoms. The van der Waals surface area contributed by atoms with Crippen molar-refractivity contribution in [2.45, 2.75) is 76.5 Å². The van der Waals surface area contributed by atoms with E-state index < -0.39 is 0 Å². The second-order valence-electron chi connectivity index (χ2n) is 8.17. The maximum Gasteiger partial charge on any atom is 0.139 e. The molecule has 2 aliphatic rings. The van der Waals surface area contributed by atoms with Crippen LogP contribution >= 0.6 is 0 Å². The highest BCUT2D eigenvalue weighted by Crippen LogP contribution is 2.34. The van der Waals surface area contributed by atoms with Gasteiger partial charge in [-0.1, -0.05) is 12.0 Å². The number of likely N-dealkylation sites (tertiary alicyclic amines) is 1. The summed E-state index contributed by atoms with van der Waals surface area (Å²) in [5, 5.41) is 0. The van der Waals surface area contributed by atoms with Crippen molar-refractivity contribution < 1.29 is 9.64 Å². The zero-order valence-electron chi connectivity index (χ0n) is 15.4. The van der Waals surface area contributed by atoms with Crippen LogP contribution in [0.3, 0.4) is 0 Å². The number of quaternary nitrogens is 1. The highest BCUT2D eigenvalue weighted by Gasteiger charge is 2.36. The molecule has 0 radical (unpaired) electrons. The van der Waals surface area contributed by atoms with Crippen molar-refractivity contribution in [3.63, 3.8) is 0 Å². The number of nitrogens with zero attached hydrogens (tertiary/aromatic N) is 1. The number of piperidine rings is 1. The molecular weight excluding hydrogens is 296 g/mol. The Labute approximate surface area is 146 Å². The highest BCUT2D eigenvalue weighted by molar-refractivity contribution is 5.16. The molecule has 24 heavy (non-hydrogen) atoms. The first-order chi connectivity index (χ1) is 11.5. The van der Waals surface area contributed by atoms with E-state index in [0.717, 1.165) is 19.4 Å². The lowest BCUT2D eigenvalue weighted by molar-refractivity contribution is -0.930. The summed E-state index contributed by atoms with van der Waals surface area (Å²) in [5.74, 6) is 6.93. The first kappa shape index (κ1) is 17.5. The minimum atomic E-state index is -0.277. The summed E-state index contributed by atoms with van der Waals surface area (Å²) in [6.45, 7) is 8.63. The van der Waals surface area contributed by atoms with E-state index in [1.54, 1.807) is 4.90 Å². The molecule has 0 amide bonds. The van der Waals surface area contributed by atoms with Crippen LogP contribution in [0.2, 0.25) is 0 Å². The number of hydrogen-bond acceptors (Lipinski definition) is 2. The Hall–Kier alpha value is -1.37. The molecule has 2 saturated heterocycles. The number of nitrogens with one attached hydrogen (secondary N) is 1. The second-order valence-corrected chi connectivity index (χ2v) is 8.17. The molecule has 1 unspecified atom stereocenters. The van der Waals surface area contributed by atoms with Crippen LogP contribution in [-0.4, -0.2) is 29.3 Å². The maximum atomic E-state index is 6.27. The Bertz CT molecular complexity index is 601. The normalized spacial score (nSPS) is 32.6. The molecule has 1 aromatic rings. The van der Waals surface area contributed by atoms with Crippen LogP contribution in [0.15, 0.2) is 24.5 Å². The largest absolute Gasteiger partial charge is 0.357 e. The summed E-state index contributed by atoms with van der Waals surface area (Å²) in [6.07, 6.45) is 11.1. The van der Waals surface area contributed by atoms with Gasteiger partial charge < -0.3 is 9.64 Å². The van der Waals surface area contributed by atoms with Crippen LogP contribution in [0.1, 0.15) is 70.9 Å². The van der Waals surface area contributed by atoms with E-state index in [2.05, 4.69) is 43.7 Å². The molecule has 3 rings (SSSR count). The molecule has 3 heterocycles. The van der Waals surface area contributed by atoms with E-state index in [-0.39, 0.29) is 11.2 Å². The van der Waals surface area contributed by atoms with Gasteiger partial charge >= 0.3 is 0 Å². The van der Waals surface area contributed by atoms with Crippen molar-refractivity contribution in [2.24, 2.45) is 0 Å². The lowest BCUT2D eigenvalue weighted by Crippen LogP contribution is -3.13. The molecule has 1 N–H and O–H groups in total. The molecule has 0 spiro atoms. The topological polar surface area (TPSA) is 26.6 Å². The predicted molar refractivity (Wildman–Crippen MR) is 96.7 cm³/mol. The second kappa shape index (κ2) is 7.25. The molecule has 2 aliphatic heterocycles. The van der Waals surface area contributed by atoms with Crippen LogP contribution in [0.4, 0.5) is 0 Å². The average molecular weight is 327 g/mol. The Morgan fingerprint density at radius 3 is 2.88 bits per heavy atom. The fourth-order valence-electron chi connectivity index (χ4n) is 4.27. The van der Waals surface area contributed by atoms with Gasteiger partial charge in [-0.2, -0.15) is 0 Å². The highest BCUT2D eigenvalue weighted by atomic mass is 16.5. The standard InChI is InChI=1S/C21H30N2O/c1-20(2)11-7-12-21(3,24-20)13-8-16-23-15-5-4-10-19(23)18-9-6-14-22-17-18/h6,9,14,17,19H,4-5,7,10-12,15-16H2,1-3H3/p+1/t19-,21-/m0/s1. The molecule has 3 atom stereocenters. The van der Waals surface area contributed by atoms with E-state index in [0.29, 0.717) is 6.04 Å². The van der Waals surface area contributed by atoms with Gasteiger partial charge in [-0.15, -0.1) is 0 Å². The van der Waals surface area contributed by atoms with Gasteiger partial charge in [-0.25, -0.2) is 0 Å². The number of ether oxygens (including phenoxy) is 1. The average Bonchev–Trinajstić information content (AvgIpc) is 2.55. The van der Waals surface area contributed by atoms with Crippen molar-refractivity contribution in [3.8, 4) is 11.8 Å². The zero-order valence-corrected chi connectivity index (χ0v) is 15.4. The molecule has 3 nitrogen and oxygen atoms in total. The van der Waals surface area contributed by atoms with Crippen LogP contribution in [-0.2, 0) is 4.74 Å². The lowest BCUT2D eigenvalue weighted by Gasteiger charge is -2.40. The Balaban J connectivity index is 1.67. The molecule has 0 aliphatic carbocycles. The van der Waals surface area contributed by atoms with E-state index in [9.17, 15) is 0 Å².